The first-order chi connectivity index (χ1) is 17.7. The normalized spacial score (nSPS) is 19.7. The minimum absolute atomic E-state index is 0.00334. The van der Waals surface area contributed by atoms with Crippen LogP contribution in [0.4, 0.5) is 0 Å². The summed E-state index contributed by atoms with van der Waals surface area (Å²) in [5, 5.41) is 3.19. The first kappa shape index (κ1) is 24.6. The van der Waals surface area contributed by atoms with Crippen LogP contribution in [0.5, 0.6) is 5.75 Å². The molecule has 1 saturated heterocycles. The highest BCUT2D eigenvalue weighted by Gasteiger charge is 2.31. The Balaban J connectivity index is 1.16. The van der Waals surface area contributed by atoms with Crippen LogP contribution in [0.3, 0.4) is 0 Å². The van der Waals surface area contributed by atoms with E-state index < -0.39 is 0 Å². The third-order valence-corrected chi connectivity index (χ3v) is 7.55. The number of ether oxygens (including phenoxy) is 1. The van der Waals surface area contributed by atoms with E-state index in [9.17, 15) is 4.79 Å². The number of nitrogens with one attached hydrogen (secondary N) is 1. The number of rotatable bonds is 11. The third kappa shape index (κ3) is 6.76. The molecule has 1 aliphatic heterocycles. The highest BCUT2D eigenvalue weighted by molar-refractivity contribution is 5.79. The molecule has 2 heterocycles. The minimum atomic E-state index is -0.00334. The van der Waals surface area contributed by atoms with E-state index in [1.807, 2.05) is 17.1 Å². The minimum Gasteiger partial charge on any atom is -0.493 e. The van der Waals surface area contributed by atoms with Crippen molar-refractivity contribution < 1.29 is 9.53 Å². The van der Waals surface area contributed by atoms with Crippen molar-refractivity contribution in [1.29, 1.82) is 0 Å². The molecule has 190 valence electrons. The van der Waals surface area contributed by atoms with E-state index in [-0.39, 0.29) is 11.8 Å². The van der Waals surface area contributed by atoms with E-state index in [4.69, 9.17) is 4.74 Å². The molecule has 2 aromatic carbocycles. The molecule has 3 aromatic rings. The van der Waals surface area contributed by atoms with Gasteiger partial charge in [-0.3, -0.25) is 4.79 Å². The van der Waals surface area contributed by atoms with Crippen molar-refractivity contribution >= 4 is 5.91 Å². The lowest BCUT2D eigenvalue weighted by Gasteiger charge is -2.37. The lowest BCUT2D eigenvalue weighted by molar-refractivity contribution is -0.127. The van der Waals surface area contributed by atoms with E-state index >= 15 is 0 Å². The molecule has 0 saturated carbocycles. The molecule has 1 fully saturated rings. The summed E-state index contributed by atoms with van der Waals surface area (Å²) in [6.07, 6.45) is 11.9. The smallest absolute Gasteiger partial charge is 0.224 e. The van der Waals surface area contributed by atoms with Gasteiger partial charge in [-0.2, -0.15) is 0 Å². The SMILES string of the molecule is O=C(NCCCn1ccnc1)[C@@H]1C[C@H](COc2ccc3c(c2)CCC3)CN(CCc2ccccc2)C1. The highest BCUT2D eigenvalue weighted by Crippen LogP contribution is 2.28. The van der Waals surface area contributed by atoms with Crippen molar-refractivity contribution in [3.8, 4) is 5.75 Å². The van der Waals surface area contributed by atoms with Crippen molar-refractivity contribution in [3.63, 3.8) is 0 Å². The van der Waals surface area contributed by atoms with Crippen molar-refractivity contribution in [2.75, 3.05) is 32.8 Å². The lowest BCUT2D eigenvalue weighted by Crippen LogP contribution is -2.48. The summed E-state index contributed by atoms with van der Waals surface area (Å²) >= 11 is 0. The van der Waals surface area contributed by atoms with Gasteiger partial charge in [0.2, 0.25) is 5.91 Å². The van der Waals surface area contributed by atoms with Crippen LogP contribution in [0.1, 0.15) is 36.0 Å². The van der Waals surface area contributed by atoms with Crippen LogP contribution in [0.2, 0.25) is 0 Å². The average Bonchev–Trinajstić information content (AvgIpc) is 3.61. The first-order valence-electron chi connectivity index (χ1n) is 13.5. The molecule has 5 rings (SSSR count). The number of amides is 1. The van der Waals surface area contributed by atoms with Gasteiger partial charge in [0.1, 0.15) is 5.75 Å². The number of hydrogen-bond acceptors (Lipinski definition) is 4. The van der Waals surface area contributed by atoms with E-state index in [0.717, 1.165) is 57.6 Å². The topological polar surface area (TPSA) is 59.4 Å². The van der Waals surface area contributed by atoms with E-state index in [0.29, 0.717) is 19.1 Å². The number of hydrogen-bond donors (Lipinski definition) is 1. The second-order valence-corrected chi connectivity index (χ2v) is 10.3. The monoisotopic (exact) mass is 486 g/mol. The Bertz CT molecular complexity index is 1100. The number of aryl methyl sites for hydroxylation is 3. The molecular formula is C30H38N4O2. The molecule has 6 nitrogen and oxygen atoms in total. The van der Waals surface area contributed by atoms with Crippen LogP contribution in [0.25, 0.3) is 0 Å². The Morgan fingerprint density at radius 3 is 2.81 bits per heavy atom. The predicted octanol–water partition coefficient (Wildman–Crippen LogP) is 4.14. The Kier molecular flexibility index (Phi) is 8.34. The van der Waals surface area contributed by atoms with Gasteiger partial charge in [0.05, 0.1) is 18.9 Å². The molecule has 0 radical (unpaired) electrons. The number of carbonyl (C=O) groups excluding carboxylic acids is 1. The van der Waals surface area contributed by atoms with Crippen molar-refractivity contribution in [2.24, 2.45) is 11.8 Å². The summed E-state index contributed by atoms with van der Waals surface area (Å²) in [6, 6.07) is 17.2. The molecule has 0 bridgehead atoms. The number of nitrogens with zero attached hydrogens (tertiary/aromatic N) is 3. The van der Waals surface area contributed by atoms with Gasteiger partial charge < -0.3 is 19.5 Å². The number of benzene rings is 2. The maximum absolute atomic E-state index is 13.1. The quantitative estimate of drug-likeness (QED) is 0.414. The largest absolute Gasteiger partial charge is 0.493 e. The van der Waals surface area contributed by atoms with Crippen LogP contribution >= 0.6 is 0 Å². The second kappa shape index (κ2) is 12.2. The number of fused-ring (bicyclic) bond motifs is 1. The van der Waals surface area contributed by atoms with Crippen molar-refractivity contribution in [2.45, 2.75) is 45.1 Å². The van der Waals surface area contributed by atoms with E-state index in [2.05, 4.69) is 63.7 Å². The molecule has 0 unspecified atom stereocenters. The fourth-order valence-corrected chi connectivity index (χ4v) is 5.62. The molecule has 1 N–H and O–H groups in total. The third-order valence-electron chi connectivity index (χ3n) is 7.55. The van der Waals surface area contributed by atoms with Gasteiger partial charge in [-0.15, -0.1) is 0 Å². The van der Waals surface area contributed by atoms with Crippen LogP contribution in [0.15, 0.2) is 67.3 Å². The van der Waals surface area contributed by atoms with Gasteiger partial charge in [-0.1, -0.05) is 36.4 Å². The lowest BCUT2D eigenvalue weighted by atomic mass is 9.88. The second-order valence-electron chi connectivity index (χ2n) is 10.3. The molecule has 2 atom stereocenters. The summed E-state index contributed by atoms with van der Waals surface area (Å²) in [5.74, 6) is 1.48. The zero-order chi connectivity index (χ0) is 24.6. The summed E-state index contributed by atoms with van der Waals surface area (Å²) in [5.41, 5.74) is 4.25. The van der Waals surface area contributed by atoms with Gasteiger partial charge in [0, 0.05) is 51.0 Å². The fourth-order valence-electron chi connectivity index (χ4n) is 5.62. The predicted molar refractivity (Wildman–Crippen MR) is 142 cm³/mol. The standard InChI is InChI=1S/C30H38N4O2/c35-30(32-13-5-15-33-17-14-31-23-33)28-18-25(20-34(21-28)16-12-24-6-2-1-3-7-24)22-36-29-11-10-26-8-4-9-27(26)19-29/h1-3,6-7,10-11,14,17,19,23,25,28H,4-5,8-9,12-13,15-16,18,20-22H2,(H,32,35)/t25-,28+/m0/s1. The fraction of sp³-hybridized carbons (Fsp3) is 0.467. The molecule has 36 heavy (non-hydrogen) atoms. The number of imidazole rings is 1. The van der Waals surface area contributed by atoms with E-state index in [1.165, 1.54) is 29.5 Å². The van der Waals surface area contributed by atoms with Crippen LogP contribution in [-0.2, 0) is 30.6 Å². The van der Waals surface area contributed by atoms with Gasteiger partial charge in [0.15, 0.2) is 0 Å². The Morgan fingerprint density at radius 2 is 1.94 bits per heavy atom. The Labute approximate surface area is 214 Å². The molecular weight excluding hydrogens is 448 g/mol. The number of piperidine rings is 1. The summed E-state index contributed by atoms with van der Waals surface area (Å²) in [6.45, 7) is 4.96. The summed E-state index contributed by atoms with van der Waals surface area (Å²) in [7, 11) is 0. The maximum Gasteiger partial charge on any atom is 0.224 e. The number of likely N-dealkylation sites (tertiary alicyclic amines) is 1. The van der Waals surface area contributed by atoms with Crippen molar-refractivity contribution in [1.82, 2.24) is 19.8 Å². The van der Waals surface area contributed by atoms with Gasteiger partial charge >= 0.3 is 0 Å². The van der Waals surface area contributed by atoms with E-state index in [1.54, 1.807) is 6.20 Å². The molecule has 0 spiro atoms. The zero-order valence-electron chi connectivity index (χ0n) is 21.1. The molecule has 1 aromatic heterocycles. The van der Waals surface area contributed by atoms with Crippen LogP contribution in [-0.4, -0.2) is 53.1 Å². The molecule has 1 amide bonds. The molecule has 2 aliphatic rings. The van der Waals surface area contributed by atoms with Crippen LogP contribution < -0.4 is 10.1 Å². The van der Waals surface area contributed by atoms with Gasteiger partial charge in [-0.25, -0.2) is 4.98 Å². The number of carbonyl (C=O) groups is 1. The summed E-state index contributed by atoms with van der Waals surface area (Å²) < 4.78 is 8.33. The van der Waals surface area contributed by atoms with Gasteiger partial charge in [-0.05, 0) is 67.3 Å². The Morgan fingerprint density at radius 1 is 1.06 bits per heavy atom. The average molecular weight is 487 g/mol. The van der Waals surface area contributed by atoms with Gasteiger partial charge in [0.25, 0.3) is 0 Å². The highest BCUT2D eigenvalue weighted by atomic mass is 16.5. The summed E-state index contributed by atoms with van der Waals surface area (Å²) in [4.78, 5) is 19.7. The van der Waals surface area contributed by atoms with Crippen molar-refractivity contribution in [3.05, 3.63) is 83.9 Å². The Hall–Kier alpha value is -3.12. The molecule has 1 aliphatic carbocycles. The zero-order valence-corrected chi connectivity index (χ0v) is 21.1. The first-order valence-corrected chi connectivity index (χ1v) is 13.5. The molecule has 6 heteroatoms. The maximum atomic E-state index is 13.1. The van der Waals surface area contributed by atoms with Crippen LogP contribution in [0, 0.1) is 11.8 Å². The number of aromatic nitrogens is 2.